The van der Waals surface area contributed by atoms with Crippen molar-refractivity contribution in [1.82, 2.24) is 4.31 Å². The zero-order chi connectivity index (χ0) is 11.3. The van der Waals surface area contributed by atoms with Gasteiger partial charge in [-0.25, -0.2) is 12.7 Å². The maximum Gasteiger partial charge on any atom is 0.216 e. The molecule has 0 aromatic carbocycles. The number of halogens is 1. The molecule has 0 N–H and O–H groups in total. The van der Waals surface area contributed by atoms with Crippen LogP contribution in [0.1, 0.15) is 39.0 Å². The summed E-state index contributed by atoms with van der Waals surface area (Å²) < 4.78 is 25.9. The van der Waals surface area contributed by atoms with Crippen LogP contribution in [0.5, 0.6) is 0 Å². The summed E-state index contributed by atoms with van der Waals surface area (Å²) in [7, 11) is -3.05. The summed E-state index contributed by atoms with van der Waals surface area (Å²) in [5.74, 6) is 0.524. The van der Waals surface area contributed by atoms with E-state index in [9.17, 15) is 8.42 Å². The van der Waals surface area contributed by atoms with E-state index in [1.807, 2.05) is 6.92 Å². The van der Waals surface area contributed by atoms with Crippen LogP contribution in [0.15, 0.2) is 0 Å². The molecule has 0 spiro atoms. The van der Waals surface area contributed by atoms with Gasteiger partial charge in [0.2, 0.25) is 10.0 Å². The average molecular weight is 254 g/mol. The number of alkyl halides is 1. The van der Waals surface area contributed by atoms with Crippen LogP contribution < -0.4 is 0 Å². The van der Waals surface area contributed by atoms with Crippen LogP contribution in [-0.2, 0) is 10.0 Å². The summed E-state index contributed by atoms with van der Waals surface area (Å²) in [5, 5.41) is -0.132. The first-order valence-electron chi connectivity index (χ1n) is 5.67. The standard InChI is InChI=1S/C10H20ClNO2S/c1-2-12(9-5-8-11)15(13,14)10-6-3-4-7-10/h10H,2-9H2,1H3. The zero-order valence-electron chi connectivity index (χ0n) is 9.28. The largest absolute Gasteiger partial charge is 0.216 e. The van der Waals surface area contributed by atoms with Crippen LogP contribution in [0.4, 0.5) is 0 Å². The zero-order valence-corrected chi connectivity index (χ0v) is 10.9. The smallest absolute Gasteiger partial charge is 0.212 e. The SMILES string of the molecule is CCN(CCCCl)S(=O)(=O)C1CCCC1. The Kier molecular flexibility index (Phi) is 5.36. The van der Waals surface area contributed by atoms with Crippen molar-refractivity contribution in [2.45, 2.75) is 44.3 Å². The van der Waals surface area contributed by atoms with E-state index in [1.54, 1.807) is 4.31 Å². The quantitative estimate of drug-likeness (QED) is 0.681. The van der Waals surface area contributed by atoms with E-state index in [0.717, 1.165) is 32.1 Å². The van der Waals surface area contributed by atoms with Gasteiger partial charge in [-0.05, 0) is 19.3 Å². The first-order chi connectivity index (χ1) is 7.12. The van der Waals surface area contributed by atoms with E-state index in [1.165, 1.54) is 0 Å². The highest BCUT2D eigenvalue weighted by Crippen LogP contribution is 2.27. The van der Waals surface area contributed by atoms with Gasteiger partial charge in [-0.1, -0.05) is 19.8 Å². The lowest BCUT2D eigenvalue weighted by Gasteiger charge is -2.23. The molecule has 0 radical (unpaired) electrons. The number of sulfonamides is 1. The molecule has 0 amide bonds. The summed E-state index contributed by atoms with van der Waals surface area (Å²) in [6, 6.07) is 0. The minimum absolute atomic E-state index is 0.132. The van der Waals surface area contributed by atoms with Crippen molar-refractivity contribution in [3.8, 4) is 0 Å². The van der Waals surface area contributed by atoms with E-state index in [2.05, 4.69) is 0 Å². The monoisotopic (exact) mass is 253 g/mol. The van der Waals surface area contributed by atoms with Gasteiger partial charge in [0, 0.05) is 19.0 Å². The molecule has 1 saturated carbocycles. The van der Waals surface area contributed by atoms with E-state index in [-0.39, 0.29) is 5.25 Å². The summed E-state index contributed by atoms with van der Waals surface area (Å²) in [4.78, 5) is 0. The molecule has 0 aromatic heterocycles. The highest BCUT2D eigenvalue weighted by molar-refractivity contribution is 7.89. The summed E-state index contributed by atoms with van der Waals surface area (Å²) in [6.07, 6.45) is 4.51. The fraction of sp³-hybridized carbons (Fsp3) is 1.00. The van der Waals surface area contributed by atoms with Crippen molar-refractivity contribution >= 4 is 21.6 Å². The van der Waals surface area contributed by atoms with E-state index in [4.69, 9.17) is 11.6 Å². The molecular formula is C10H20ClNO2S. The van der Waals surface area contributed by atoms with Crippen LogP contribution in [0, 0.1) is 0 Å². The Hall–Kier alpha value is 0.200. The van der Waals surface area contributed by atoms with Gasteiger partial charge in [0.25, 0.3) is 0 Å². The number of nitrogens with zero attached hydrogens (tertiary/aromatic N) is 1. The second-order valence-electron chi connectivity index (χ2n) is 3.99. The molecule has 3 nitrogen and oxygen atoms in total. The van der Waals surface area contributed by atoms with Gasteiger partial charge in [-0.2, -0.15) is 0 Å². The van der Waals surface area contributed by atoms with E-state index < -0.39 is 10.0 Å². The van der Waals surface area contributed by atoms with Gasteiger partial charge in [0.15, 0.2) is 0 Å². The molecule has 0 heterocycles. The van der Waals surface area contributed by atoms with Crippen LogP contribution in [0.25, 0.3) is 0 Å². The van der Waals surface area contributed by atoms with Gasteiger partial charge in [0.05, 0.1) is 5.25 Å². The van der Waals surface area contributed by atoms with E-state index >= 15 is 0 Å². The molecule has 0 aliphatic heterocycles. The molecular weight excluding hydrogens is 234 g/mol. The van der Waals surface area contributed by atoms with Crippen LogP contribution >= 0.6 is 11.6 Å². The van der Waals surface area contributed by atoms with Crippen molar-refractivity contribution in [2.24, 2.45) is 0 Å². The fourth-order valence-corrected chi connectivity index (χ4v) is 4.31. The summed E-state index contributed by atoms with van der Waals surface area (Å²) in [6.45, 7) is 3.02. The van der Waals surface area contributed by atoms with Gasteiger partial charge >= 0.3 is 0 Å². The van der Waals surface area contributed by atoms with Crippen LogP contribution in [-0.4, -0.2) is 36.9 Å². The van der Waals surface area contributed by atoms with E-state index in [0.29, 0.717) is 19.0 Å². The Labute approximate surface area is 97.8 Å². The molecule has 0 saturated heterocycles. The van der Waals surface area contributed by atoms with Crippen molar-refractivity contribution < 1.29 is 8.42 Å². The third-order valence-electron chi connectivity index (χ3n) is 2.98. The first kappa shape index (κ1) is 13.3. The minimum Gasteiger partial charge on any atom is -0.212 e. The van der Waals surface area contributed by atoms with Crippen molar-refractivity contribution in [3.63, 3.8) is 0 Å². The lowest BCUT2D eigenvalue weighted by molar-refractivity contribution is 0.419. The Morgan fingerprint density at radius 3 is 2.40 bits per heavy atom. The summed E-state index contributed by atoms with van der Waals surface area (Å²) in [5.41, 5.74) is 0. The van der Waals surface area contributed by atoms with Crippen LogP contribution in [0.3, 0.4) is 0 Å². The topological polar surface area (TPSA) is 37.4 Å². The maximum atomic E-state index is 12.2. The highest BCUT2D eigenvalue weighted by Gasteiger charge is 2.32. The number of rotatable bonds is 6. The second-order valence-corrected chi connectivity index (χ2v) is 6.58. The summed E-state index contributed by atoms with van der Waals surface area (Å²) >= 11 is 5.59. The van der Waals surface area contributed by atoms with Crippen molar-refractivity contribution in [3.05, 3.63) is 0 Å². The van der Waals surface area contributed by atoms with Gasteiger partial charge in [-0.3, -0.25) is 0 Å². The molecule has 90 valence electrons. The minimum atomic E-state index is -3.05. The molecule has 1 aliphatic rings. The number of hydrogen-bond acceptors (Lipinski definition) is 2. The predicted octanol–water partition coefficient (Wildman–Crippen LogP) is 2.21. The maximum absolute atomic E-state index is 12.2. The molecule has 0 bridgehead atoms. The van der Waals surface area contributed by atoms with Gasteiger partial charge in [-0.15, -0.1) is 11.6 Å². The Balaban J connectivity index is 2.63. The number of hydrogen-bond donors (Lipinski definition) is 0. The molecule has 1 rings (SSSR count). The lowest BCUT2D eigenvalue weighted by Crippen LogP contribution is -2.38. The highest BCUT2D eigenvalue weighted by atomic mass is 35.5. The first-order valence-corrected chi connectivity index (χ1v) is 7.71. The molecule has 5 heteroatoms. The molecule has 1 aliphatic carbocycles. The third-order valence-corrected chi connectivity index (χ3v) is 5.72. The Morgan fingerprint density at radius 2 is 1.93 bits per heavy atom. The Morgan fingerprint density at radius 1 is 1.33 bits per heavy atom. The lowest BCUT2D eigenvalue weighted by atomic mass is 10.4. The molecule has 1 fully saturated rings. The molecule has 15 heavy (non-hydrogen) atoms. The molecule has 0 atom stereocenters. The normalized spacial score (nSPS) is 18.9. The Bertz CT molecular complexity index is 273. The predicted molar refractivity (Wildman–Crippen MR) is 63.8 cm³/mol. The average Bonchev–Trinajstić information content (AvgIpc) is 2.72. The fourth-order valence-electron chi connectivity index (χ4n) is 2.10. The van der Waals surface area contributed by atoms with Crippen LogP contribution in [0.2, 0.25) is 0 Å². The second kappa shape index (κ2) is 6.06. The van der Waals surface area contributed by atoms with Gasteiger partial charge < -0.3 is 0 Å². The molecule has 0 aromatic rings. The van der Waals surface area contributed by atoms with Crippen molar-refractivity contribution in [2.75, 3.05) is 19.0 Å². The molecule has 0 unspecified atom stereocenters. The van der Waals surface area contributed by atoms with Gasteiger partial charge in [0.1, 0.15) is 0 Å². The third kappa shape index (κ3) is 3.33. The van der Waals surface area contributed by atoms with Crippen molar-refractivity contribution in [1.29, 1.82) is 0 Å².